The Morgan fingerprint density at radius 2 is 2.04 bits per heavy atom. The van der Waals surface area contributed by atoms with E-state index in [-0.39, 0.29) is 5.91 Å². The first kappa shape index (κ1) is 15.3. The lowest BCUT2D eigenvalue weighted by atomic mass is 9.72. The molecule has 1 saturated heterocycles. The van der Waals surface area contributed by atoms with Gasteiger partial charge in [0.1, 0.15) is 6.33 Å². The van der Waals surface area contributed by atoms with Gasteiger partial charge in [-0.15, -0.1) is 10.2 Å². The summed E-state index contributed by atoms with van der Waals surface area (Å²) in [4.78, 5) is 19.0. The van der Waals surface area contributed by atoms with Gasteiger partial charge in [0.25, 0.3) is 5.91 Å². The predicted molar refractivity (Wildman–Crippen MR) is 89.7 cm³/mol. The summed E-state index contributed by atoms with van der Waals surface area (Å²) in [7, 11) is 0. The predicted octanol–water partition coefficient (Wildman–Crippen LogP) is 2.70. The normalized spacial score (nSPS) is 26.9. The van der Waals surface area contributed by atoms with Crippen molar-refractivity contribution in [2.75, 3.05) is 6.54 Å². The van der Waals surface area contributed by atoms with Crippen molar-refractivity contribution in [1.82, 2.24) is 24.6 Å². The number of rotatable bonds is 2. The average Bonchev–Trinajstić information content (AvgIpc) is 3.17. The molecule has 2 aliphatic rings. The molecule has 0 unspecified atom stereocenters. The molecule has 1 saturated carbocycles. The van der Waals surface area contributed by atoms with E-state index in [9.17, 15) is 4.79 Å². The minimum atomic E-state index is 0.0310. The first-order chi connectivity index (χ1) is 11.7. The molecule has 0 N–H and O–H groups in total. The van der Waals surface area contributed by atoms with Gasteiger partial charge in [0.15, 0.2) is 11.5 Å². The Balaban J connectivity index is 1.54. The summed E-state index contributed by atoms with van der Waals surface area (Å²) in [5, 5.41) is 8.36. The lowest BCUT2D eigenvalue weighted by Gasteiger charge is -2.47. The molecule has 126 valence electrons. The van der Waals surface area contributed by atoms with Crippen LogP contribution in [0.5, 0.6) is 0 Å². The van der Waals surface area contributed by atoms with Crippen LogP contribution in [-0.2, 0) is 0 Å². The second-order valence-corrected chi connectivity index (χ2v) is 7.03. The number of nitrogens with zero attached hydrogens (tertiary/aromatic N) is 5. The van der Waals surface area contributed by atoms with Crippen LogP contribution in [0.15, 0.2) is 30.9 Å². The van der Waals surface area contributed by atoms with E-state index < -0.39 is 0 Å². The molecule has 3 heterocycles. The van der Waals surface area contributed by atoms with Crippen LogP contribution in [0.1, 0.15) is 49.5 Å². The van der Waals surface area contributed by atoms with E-state index in [0.29, 0.717) is 29.4 Å². The van der Waals surface area contributed by atoms with E-state index in [4.69, 9.17) is 0 Å². The highest BCUT2D eigenvalue weighted by atomic mass is 16.2. The van der Waals surface area contributed by atoms with E-state index in [0.717, 1.165) is 19.4 Å². The summed E-state index contributed by atoms with van der Waals surface area (Å²) in [6.45, 7) is 3.18. The molecule has 6 nitrogen and oxygen atoms in total. The van der Waals surface area contributed by atoms with Crippen LogP contribution in [-0.4, -0.2) is 43.1 Å². The van der Waals surface area contributed by atoms with Crippen LogP contribution in [0.2, 0.25) is 0 Å². The zero-order valence-electron chi connectivity index (χ0n) is 14.0. The summed E-state index contributed by atoms with van der Waals surface area (Å²) in [5.41, 5.74) is 0.442. The highest BCUT2D eigenvalue weighted by molar-refractivity contribution is 5.92. The third-order valence-corrected chi connectivity index (χ3v) is 5.64. The maximum Gasteiger partial charge on any atom is 0.274 e. The Morgan fingerprint density at radius 1 is 1.17 bits per heavy atom. The van der Waals surface area contributed by atoms with Gasteiger partial charge in [-0.2, -0.15) is 0 Å². The van der Waals surface area contributed by atoms with E-state index in [1.807, 2.05) is 12.3 Å². The molecule has 1 aliphatic carbocycles. The fraction of sp³-hybridized carbons (Fsp3) is 0.556. The first-order valence-corrected chi connectivity index (χ1v) is 8.87. The molecule has 2 fully saturated rings. The average molecular weight is 325 g/mol. The van der Waals surface area contributed by atoms with Gasteiger partial charge in [-0.05, 0) is 43.2 Å². The number of aromatic nitrogens is 4. The minimum Gasteiger partial charge on any atom is -0.334 e. The van der Waals surface area contributed by atoms with E-state index in [2.05, 4.69) is 27.0 Å². The molecule has 24 heavy (non-hydrogen) atoms. The van der Waals surface area contributed by atoms with Crippen LogP contribution in [0.25, 0.3) is 5.82 Å². The highest BCUT2D eigenvalue weighted by Crippen LogP contribution is 2.39. The molecular formula is C18H23N5O. The number of hydrogen-bond acceptors (Lipinski definition) is 4. The van der Waals surface area contributed by atoms with E-state index in [1.165, 1.54) is 19.3 Å². The zero-order valence-corrected chi connectivity index (χ0v) is 14.0. The van der Waals surface area contributed by atoms with E-state index in [1.54, 1.807) is 23.2 Å². The lowest BCUT2D eigenvalue weighted by Crippen LogP contribution is -2.52. The summed E-state index contributed by atoms with van der Waals surface area (Å²) in [5.74, 6) is 2.07. The van der Waals surface area contributed by atoms with Crippen molar-refractivity contribution in [3.63, 3.8) is 0 Å². The van der Waals surface area contributed by atoms with Crippen molar-refractivity contribution < 1.29 is 4.79 Å². The molecule has 3 atom stereocenters. The summed E-state index contributed by atoms with van der Waals surface area (Å²) < 4.78 is 1.78. The fourth-order valence-corrected chi connectivity index (χ4v) is 4.28. The third-order valence-electron chi connectivity index (χ3n) is 5.64. The van der Waals surface area contributed by atoms with E-state index >= 15 is 0 Å². The maximum atomic E-state index is 13.0. The Bertz CT molecular complexity index is 697. The van der Waals surface area contributed by atoms with Gasteiger partial charge in [0, 0.05) is 25.0 Å². The summed E-state index contributed by atoms with van der Waals surface area (Å²) in [6, 6.07) is 3.98. The van der Waals surface area contributed by atoms with Crippen molar-refractivity contribution in [1.29, 1.82) is 0 Å². The Labute approximate surface area is 141 Å². The van der Waals surface area contributed by atoms with Crippen molar-refractivity contribution in [2.45, 2.75) is 45.1 Å². The Kier molecular flexibility index (Phi) is 4.04. The smallest absolute Gasteiger partial charge is 0.274 e. The van der Waals surface area contributed by atoms with Crippen LogP contribution in [0.3, 0.4) is 0 Å². The molecular weight excluding hydrogens is 302 g/mol. The van der Waals surface area contributed by atoms with Crippen molar-refractivity contribution >= 4 is 5.91 Å². The molecule has 4 rings (SSSR count). The molecule has 0 radical (unpaired) electrons. The summed E-state index contributed by atoms with van der Waals surface area (Å²) >= 11 is 0. The quantitative estimate of drug-likeness (QED) is 0.851. The molecule has 0 aromatic carbocycles. The maximum absolute atomic E-state index is 13.0. The van der Waals surface area contributed by atoms with Gasteiger partial charge in [-0.1, -0.05) is 19.8 Å². The van der Waals surface area contributed by atoms with Gasteiger partial charge >= 0.3 is 0 Å². The second kappa shape index (κ2) is 6.34. The van der Waals surface area contributed by atoms with Crippen LogP contribution >= 0.6 is 0 Å². The number of likely N-dealkylation sites (tertiary alicyclic amines) is 1. The van der Waals surface area contributed by atoms with Crippen LogP contribution in [0.4, 0.5) is 0 Å². The molecule has 0 bridgehead atoms. The number of hydrogen-bond donors (Lipinski definition) is 0. The molecule has 2 aromatic heterocycles. The number of carbonyl (C=O) groups is 1. The van der Waals surface area contributed by atoms with Gasteiger partial charge in [-0.25, -0.2) is 4.98 Å². The SMILES string of the molecule is C[C@@H]1CCN(C(=O)c2ccc(-n3ccnc3)nn2)[C@H]2CCCC[C@H]12. The Morgan fingerprint density at radius 3 is 2.79 bits per heavy atom. The van der Waals surface area contributed by atoms with Gasteiger partial charge < -0.3 is 4.90 Å². The molecule has 0 spiro atoms. The number of imidazole rings is 1. The first-order valence-electron chi connectivity index (χ1n) is 8.87. The van der Waals surface area contributed by atoms with Crippen LogP contribution < -0.4 is 0 Å². The minimum absolute atomic E-state index is 0.0310. The number of piperidine rings is 1. The monoisotopic (exact) mass is 325 g/mol. The van der Waals surface area contributed by atoms with Crippen molar-refractivity contribution in [2.24, 2.45) is 11.8 Å². The Hall–Kier alpha value is -2.24. The number of carbonyl (C=O) groups excluding carboxylic acids is 1. The van der Waals surface area contributed by atoms with Crippen molar-refractivity contribution in [3.05, 3.63) is 36.5 Å². The second-order valence-electron chi connectivity index (χ2n) is 7.03. The molecule has 1 aliphatic heterocycles. The summed E-state index contributed by atoms with van der Waals surface area (Å²) in [6.07, 6.45) is 11.2. The standard InChI is InChI=1S/C18H23N5O/c1-13-8-10-23(16-5-3-2-4-14(13)16)18(24)15-6-7-17(21-20-15)22-11-9-19-12-22/h6-7,9,11-14,16H,2-5,8,10H2,1H3/t13-,14-,16+/m1/s1. The van der Waals surface area contributed by atoms with Crippen molar-refractivity contribution in [3.8, 4) is 5.82 Å². The van der Waals surface area contributed by atoms with Gasteiger partial charge in [0.2, 0.25) is 0 Å². The van der Waals surface area contributed by atoms with Gasteiger partial charge in [-0.3, -0.25) is 9.36 Å². The zero-order chi connectivity index (χ0) is 16.5. The number of amides is 1. The highest BCUT2D eigenvalue weighted by Gasteiger charge is 2.39. The molecule has 1 amide bonds. The topological polar surface area (TPSA) is 63.9 Å². The fourth-order valence-electron chi connectivity index (χ4n) is 4.28. The molecule has 2 aromatic rings. The largest absolute Gasteiger partial charge is 0.334 e. The number of fused-ring (bicyclic) bond motifs is 1. The third kappa shape index (κ3) is 2.70. The van der Waals surface area contributed by atoms with Gasteiger partial charge in [0.05, 0.1) is 0 Å². The molecule has 6 heteroatoms. The lowest BCUT2D eigenvalue weighted by molar-refractivity contribution is 0.0212. The van der Waals surface area contributed by atoms with Crippen LogP contribution in [0, 0.1) is 11.8 Å².